The predicted molar refractivity (Wildman–Crippen MR) is 87.7 cm³/mol. The molecule has 22 heavy (non-hydrogen) atoms. The van der Waals surface area contributed by atoms with Crippen LogP contribution < -0.4 is 5.32 Å². The Kier molecular flexibility index (Phi) is 4.81. The van der Waals surface area contributed by atoms with Crippen molar-refractivity contribution in [2.45, 2.75) is 52.0 Å². The van der Waals surface area contributed by atoms with Crippen LogP contribution in [-0.4, -0.2) is 40.2 Å². The summed E-state index contributed by atoms with van der Waals surface area (Å²) in [6, 6.07) is 2.33. The normalized spacial score (nSPS) is 29.6. The van der Waals surface area contributed by atoms with E-state index in [4.69, 9.17) is 0 Å². The van der Waals surface area contributed by atoms with E-state index in [-0.39, 0.29) is 5.91 Å². The molecule has 3 atom stereocenters. The zero-order chi connectivity index (χ0) is 15.5. The predicted octanol–water partition coefficient (Wildman–Crippen LogP) is 2.91. The Morgan fingerprint density at radius 1 is 1.36 bits per heavy atom. The highest BCUT2D eigenvalue weighted by Crippen LogP contribution is 2.32. The monoisotopic (exact) mass is 304 g/mol. The Morgan fingerprint density at radius 3 is 2.95 bits per heavy atom. The van der Waals surface area contributed by atoms with Crippen LogP contribution >= 0.6 is 0 Å². The number of carbonyl (C=O) groups is 1. The summed E-state index contributed by atoms with van der Waals surface area (Å²) in [5.41, 5.74) is 0. The van der Waals surface area contributed by atoms with Crippen LogP contribution in [0.4, 0.5) is 5.82 Å². The highest BCUT2D eigenvalue weighted by molar-refractivity contribution is 5.87. The molecule has 5 heteroatoms. The lowest BCUT2D eigenvalue weighted by Gasteiger charge is -2.32. The van der Waals surface area contributed by atoms with Gasteiger partial charge in [-0.25, -0.2) is 0 Å². The Bertz CT molecular complexity index is 513. The molecule has 1 aromatic heterocycles. The maximum atomic E-state index is 11.1. The Balaban J connectivity index is 1.53. The quantitative estimate of drug-likeness (QED) is 0.930. The van der Waals surface area contributed by atoms with Gasteiger partial charge in [-0.2, -0.15) is 5.10 Å². The van der Waals surface area contributed by atoms with E-state index >= 15 is 0 Å². The highest BCUT2D eigenvalue weighted by Gasteiger charge is 2.29. The molecule has 0 radical (unpaired) electrons. The average Bonchev–Trinajstić information content (AvgIpc) is 3.10. The van der Waals surface area contributed by atoms with E-state index in [0.717, 1.165) is 24.8 Å². The maximum Gasteiger partial charge on any atom is 0.222 e. The minimum absolute atomic E-state index is 0.0652. The standard InChI is InChI=1S/C17H28N4O/c1-13-5-3-4-6-15(13)11-20-9-7-16(12-20)21-10-8-17(19-21)18-14(2)22/h8,10,13,15-16H,3-7,9,11-12H2,1-2H3,(H,18,19,22)/t13-,15+,16-/m1/s1. The van der Waals surface area contributed by atoms with Crippen molar-refractivity contribution in [3.8, 4) is 0 Å². The number of nitrogens with one attached hydrogen (secondary N) is 1. The first kappa shape index (κ1) is 15.5. The number of rotatable bonds is 4. The summed E-state index contributed by atoms with van der Waals surface area (Å²) in [7, 11) is 0. The van der Waals surface area contributed by atoms with Crippen LogP contribution in [0.2, 0.25) is 0 Å². The summed E-state index contributed by atoms with van der Waals surface area (Å²) in [4.78, 5) is 13.7. The van der Waals surface area contributed by atoms with Gasteiger partial charge in [0.05, 0.1) is 6.04 Å². The molecule has 0 spiro atoms. The molecule has 1 aliphatic heterocycles. The fourth-order valence-corrected chi connectivity index (χ4v) is 3.98. The summed E-state index contributed by atoms with van der Waals surface area (Å²) in [5, 5.41) is 7.23. The number of aromatic nitrogens is 2. The van der Waals surface area contributed by atoms with Crippen LogP contribution in [0.5, 0.6) is 0 Å². The van der Waals surface area contributed by atoms with Crippen molar-refractivity contribution in [2.24, 2.45) is 11.8 Å². The molecule has 5 nitrogen and oxygen atoms in total. The topological polar surface area (TPSA) is 50.2 Å². The number of likely N-dealkylation sites (tertiary alicyclic amines) is 1. The van der Waals surface area contributed by atoms with Gasteiger partial charge in [-0.3, -0.25) is 9.48 Å². The number of nitrogens with zero attached hydrogens (tertiary/aromatic N) is 3. The third kappa shape index (κ3) is 3.69. The minimum atomic E-state index is -0.0652. The number of carbonyl (C=O) groups excluding carboxylic acids is 1. The summed E-state index contributed by atoms with van der Waals surface area (Å²) < 4.78 is 2.02. The third-order valence-electron chi connectivity index (χ3n) is 5.32. The summed E-state index contributed by atoms with van der Waals surface area (Å²) in [6.07, 6.45) is 8.77. The van der Waals surface area contributed by atoms with E-state index in [2.05, 4.69) is 22.2 Å². The molecule has 0 aromatic carbocycles. The molecule has 1 aromatic rings. The number of anilines is 1. The molecule has 1 N–H and O–H groups in total. The van der Waals surface area contributed by atoms with E-state index < -0.39 is 0 Å². The van der Waals surface area contributed by atoms with Gasteiger partial charge in [0, 0.05) is 38.8 Å². The lowest BCUT2D eigenvalue weighted by molar-refractivity contribution is -0.114. The highest BCUT2D eigenvalue weighted by atomic mass is 16.1. The van der Waals surface area contributed by atoms with Gasteiger partial charge in [0.25, 0.3) is 0 Å². The van der Waals surface area contributed by atoms with Crippen LogP contribution in [0.15, 0.2) is 12.3 Å². The summed E-state index contributed by atoms with van der Waals surface area (Å²) in [6.45, 7) is 7.44. The first-order chi connectivity index (χ1) is 10.6. The van der Waals surface area contributed by atoms with Crippen LogP contribution in [0, 0.1) is 11.8 Å². The molecule has 1 saturated heterocycles. The molecule has 122 valence electrons. The third-order valence-corrected chi connectivity index (χ3v) is 5.32. The zero-order valence-electron chi connectivity index (χ0n) is 13.8. The van der Waals surface area contributed by atoms with Crippen molar-refractivity contribution >= 4 is 11.7 Å². The molecule has 2 fully saturated rings. The summed E-state index contributed by atoms with van der Waals surface area (Å²) in [5.74, 6) is 2.35. The molecule has 1 aliphatic carbocycles. The number of amides is 1. The second kappa shape index (κ2) is 6.82. The van der Waals surface area contributed by atoms with Gasteiger partial charge in [0.15, 0.2) is 5.82 Å². The minimum Gasteiger partial charge on any atom is -0.309 e. The van der Waals surface area contributed by atoms with Crippen molar-refractivity contribution in [1.82, 2.24) is 14.7 Å². The molecule has 0 bridgehead atoms. The van der Waals surface area contributed by atoms with E-state index in [1.165, 1.54) is 45.7 Å². The molecular formula is C17H28N4O. The van der Waals surface area contributed by atoms with Gasteiger partial charge in [0.2, 0.25) is 5.91 Å². The zero-order valence-corrected chi connectivity index (χ0v) is 13.8. The Morgan fingerprint density at radius 2 is 2.18 bits per heavy atom. The smallest absolute Gasteiger partial charge is 0.222 e. The fourth-order valence-electron chi connectivity index (χ4n) is 3.98. The van der Waals surface area contributed by atoms with Gasteiger partial charge >= 0.3 is 0 Å². The van der Waals surface area contributed by atoms with Crippen molar-refractivity contribution < 1.29 is 4.79 Å². The lowest BCUT2D eigenvalue weighted by Crippen LogP contribution is -2.32. The number of hydrogen-bond acceptors (Lipinski definition) is 3. The first-order valence-electron chi connectivity index (χ1n) is 8.67. The summed E-state index contributed by atoms with van der Waals surface area (Å²) >= 11 is 0. The fraction of sp³-hybridized carbons (Fsp3) is 0.765. The Hall–Kier alpha value is -1.36. The first-order valence-corrected chi connectivity index (χ1v) is 8.67. The van der Waals surface area contributed by atoms with E-state index in [9.17, 15) is 4.79 Å². The second-order valence-electron chi connectivity index (χ2n) is 7.09. The van der Waals surface area contributed by atoms with Gasteiger partial charge < -0.3 is 10.2 Å². The van der Waals surface area contributed by atoms with Gasteiger partial charge in [-0.05, 0) is 24.7 Å². The molecular weight excluding hydrogens is 276 g/mol. The molecule has 2 heterocycles. The second-order valence-corrected chi connectivity index (χ2v) is 7.09. The lowest BCUT2D eigenvalue weighted by atomic mass is 9.80. The average molecular weight is 304 g/mol. The van der Waals surface area contributed by atoms with E-state index in [0.29, 0.717) is 11.9 Å². The van der Waals surface area contributed by atoms with Crippen LogP contribution in [-0.2, 0) is 4.79 Å². The van der Waals surface area contributed by atoms with Crippen molar-refractivity contribution in [3.63, 3.8) is 0 Å². The van der Waals surface area contributed by atoms with Crippen LogP contribution in [0.1, 0.15) is 52.0 Å². The van der Waals surface area contributed by atoms with Crippen LogP contribution in [0.3, 0.4) is 0 Å². The molecule has 2 aliphatic rings. The van der Waals surface area contributed by atoms with Crippen molar-refractivity contribution in [1.29, 1.82) is 0 Å². The van der Waals surface area contributed by atoms with E-state index in [1.54, 1.807) is 0 Å². The molecule has 0 unspecified atom stereocenters. The molecule has 1 saturated carbocycles. The largest absolute Gasteiger partial charge is 0.309 e. The van der Waals surface area contributed by atoms with E-state index in [1.807, 2.05) is 16.9 Å². The van der Waals surface area contributed by atoms with Crippen LogP contribution in [0.25, 0.3) is 0 Å². The van der Waals surface area contributed by atoms with Gasteiger partial charge in [-0.1, -0.05) is 26.2 Å². The van der Waals surface area contributed by atoms with Gasteiger partial charge in [0.1, 0.15) is 0 Å². The maximum absolute atomic E-state index is 11.1. The number of hydrogen-bond donors (Lipinski definition) is 1. The Labute approximate surface area is 133 Å². The SMILES string of the molecule is CC(=O)Nc1ccn([C@@H]2CCN(C[C@@H]3CCCC[C@H]3C)C2)n1. The van der Waals surface area contributed by atoms with Gasteiger partial charge in [-0.15, -0.1) is 0 Å². The molecule has 3 rings (SSSR count). The van der Waals surface area contributed by atoms with Crippen molar-refractivity contribution in [2.75, 3.05) is 25.0 Å². The molecule has 1 amide bonds. The van der Waals surface area contributed by atoms with Crippen molar-refractivity contribution in [3.05, 3.63) is 12.3 Å².